The maximum Gasteiger partial charge on any atom is 0.0480 e. The summed E-state index contributed by atoms with van der Waals surface area (Å²) in [6, 6.07) is 0.613. The molecule has 2 N–H and O–H groups in total. The highest BCUT2D eigenvalue weighted by Gasteiger charge is 2.20. The van der Waals surface area contributed by atoms with Gasteiger partial charge in [-0.25, -0.2) is 0 Å². The van der Waals surface area contributed by atoms with Crippen LogP contribution in [0.4, 0.5) is 0 Å². The van der Waals surface area contributed by atoms with Gasteiger partial charge in [0.25, 0.3) is 0 Å². The van der Waals surface area contributed by atoms with Gasteiger partial charge in [0.05, 0.1) is 0 Å². The van der Waals surface area contributed by atoms with Crippen molar-refractivity contribution in [2.75, 3.05) is 26.4 Å². The predicted molar refractivity (Wildman–Crippen MR) is 57.3 cm³/mol. The average Bonchev–Trinajstić information content (AvgIpc) is 2.17. The molecule has 0 aromatic heterocycles. The third kappa shape index (κ3) is 4.40. The first-order chi connectivity index (χ1) is 6.64. The Morgan fingerprint density at radius 1 is 1.36 bits per heavy atom. The van der Waals surface area contributed by atoms with E-state index in [2.05, 4.69) is 19.2 Å². The van der Waals surface area contributed by atoms with Gasteiger partial charge in [-0.3, -0.25) is 0 Å². The summed E-state index contributed by atoms with van der Waals surface area (Å²) in [6.45, 7) is 7.42. The Bertz CT molecular complexity index is 153. The number of aliphatic hydroxyl groups excluding tert-OH is 1. The number of ether oxygens (including phenoxy) is 1. The molecule has 0 amide bonds. The largest absolute Gasteiger partial charge is 0.396 e. The van der Waals surface area contributed by atoms with Gasteiger partial charge in [-0.05, 0) is 24.7 Å². The van der Waals surface area contributed by atoms with E-state index >= 15 is 0 Å². The summed E-state index contributed by atoms with van der Waals surface area (Å²) >= 11 is 0. The number of nitrogens with one attached hydrogen (secondary N) is 1. The van der Waals surface area contributed by atoms with Gasteiger partial charge in [-0.2, -0.15) is 0 Å². The summed E-state index contributed by atoms with van der Waals surface area (Å²) in [5, 5.41) is 12.4. The van der Waals surface area contributed by atoms with Crippen molar-refractivity contribution in [2.24, 2.45) is 5.41 Å². The molecule has 0 bridgehead atoms. The van der Waals surface area contributed by atoms with Crippen molar-refractivity contribution in [2.45, 2.75) is 39.2 Å². The van der Waals surface area contributed by atoms with Crippen LogP contribution in [0.25, 0.3) is 0 Å². The summed E-state index contributed by atoms with van der Waals surface area (Å²) in [7, 11) is 0. The number of hydrogen-bond acceptors (Lipinski definition) is 3. The zero-order chi connectivity index (χ0) is 10.4. The molecule has 0 saturated carbocycles. The highest BCUT2D eigenvalue weighted by Crippen LogP contribution is 2.19. The number of rotatable bonds is 5. The summed E-state index contributed by atoms with van der Waals surface area (Å²) < 4.78 is 5.30. The molecule has 0 unspecified atom stereocenters. The first kappa shape index (κ1) is 12.0. The van der Waals surface area contributed by atoms with Crippen LogP contribution in [-0.2, 0) is 4.74 Å². The zero-order valence-corrected chi connectivity index (χ0v) is 9.38. The van der Waals surface area contributed by atoms with Gasteiger partial charge < -0.3 is 15.2 Å². The van der Waals surface area contributed by atoms with Crippen LogP contribution < -0.4 is 5.32 Å². The van der Waals surface area contributed by atoms with E-state index in [4.69, 9.17) is 9.84 Å². The average molecular weight is 201 g/mol. The third-order valence-corrected chi connectivity index (χ3v) is 2.88. The molecule has 0 spiro atoms. The molecule has 84 valence electrons. The Morgan fingerprint density at radius 2 is 2.00 bits per heavy atom. The van der Waals surface area contributed by atoms with Crippen LogP contribution in [-0.4, -0.2) is 37.5 Å². The van der Waals surface area contributed by atoms with Crippen molar-refractivity contribution < 1.29 is 9.84 Å². The summed E-state index contributed by atoms with van der Waals surface area (Å²) in [6.07, 6.45) is 3.10. The van der Waals surface area contributed by atoms with Crippen molar-refractivity contribution in [3.8, 4) is 0 Å². The lowest BCUT2D eigenvalue weighted by Crippen LogP contribution is -2.40. The normalized spacial score (nSPS) is 19.9. The third-order valence-electron chi connectivity index (χ3n) is 2.88. The molecule has 0 atom stereocenters. The van der Waals surface area contributed by atoms with Crippen molar-refractivity contribution in [1.29, 1.82) is 0 Å². The van der Waals surface area contributed by atoms with E-state index in [9.17, 15) is 0 Å². The van der Waals surface area contributed by atoms with E-state index in [1.54, 1.807) is 0 Å². The van der Waals surface area contributed by atoms with E-state index in [0.717, 1.165) is 39.0 Å². The van der Waals surface area contributed by atoms with Crippen molar-refractivity contribution in [1.82, 2.24) is 5.32 Å². The fraction of sp³-hybridized carbons (Fsp3) is 1.00. The fourth-order valence-corrected chi connectivity index (χ4v) is 1.71. The van der Waals surface area contributed by atoms with E-state index in [1.165, 1.54) is 0 Å². The second kappa shape index (κ2) is 5.69. The van der Waals surface area contributed by atoms with E-state index in [1.807, 2.05) is 0 Å². The molecule has 3 heteroatoms. The lowest BCUT2D eigenvalue weighted by Gasteiger charge is -2.29. The highest BCUT2D eigenvalue weighted by molar-refractivity contribution is 4.76. The molecule has 3 nitrogen and oxygen atoms in total. The quantitative estimate of drug-likeness (QED) is 0.701. The van der Waals surface area contributed by atoms with Crippen LogP contribution in [0.15, 0.2) is 0 Å². The van der Waals surface area contributed by atoms with Crippen LogP contribution >= 0.6 is 0 Å². The van der Waals surface area contributed by atoms with Crippen LogP contribution in [0.1, 0.15) is 33.1 Å². The van der Waals surface area contributed by atoms with E-state index in [-0.39, 0.29) is 12.0 Å². The first-order valence-electron chi connectivity index (χ1n) is 5.56. The minimum Gasteiger partial charge on any atom is -0.396 e. The van der Waals surface area contributed by atoms with Gasteiger partial charge >= 0.3 is 0 Å². The molecule has 0 radical (unpaired) electrons. The molecular formula is C11H23NO2. The number of aliphatic hydroxyl groups is 1. The molecule has 1 fully saturated rings. The molecule has 1 rings (SSSR count). The summed E-state index contributed by atoms with van der Waals surface area (Å²) in [4.78, 5) is 0. The topological polar surface area (TPSA) is 41.5 Å². The fourth-order valence-electron chi connectivity index (χ4n) is 1.71. The van der Waals surface area contributed by atoms with Crippen LogP contribution in [0.3, 0.4) is 0 Å². The Morgan fingerprint density at radius 3 is 2.57 bits per heavy atom. The lowest BCUT2D eigenvalue weighted by molar-refractivity contribution is 0.0740. The molecule has 0 aromatic carbocycles. The Kier molecular flexibility index (Phi) is 4.85. The zero-order valence-electron chi connectivity index (χ0n) is 9.38. The standard InChI is InChI=1S/C11H23NO2/c1-11(2,5-6-13)9-12-10-3-7-14-8-4-10/h10,12-13H,3-9H2,1-2H3. The smallest absolute Gasteiger partial charge is 0.0480 e. The molecule has 0 aromatic rings. The summed E-state index contributed by atoms with van der Waals surface area (Å²) in [5.41, 5.74) is 0.201. The molecule has 1 heterocycles. The molecule has 14 heavy (non-hydrogen) atoms. The van der Waals surface area contributed by atoms with Gasteiger partial charge in [-0.1, -0.05) is 13.8 Å². The van der Waals surface area contributed by atoms with Crippen molar-refractivity contribution in [3.05, 3.63) is 0 Å². The monoisotopic (exact) mass is 201 g/mol. The molecular weight excluding hydrogens is 178 g/mol. The SMILES string of the molecule is CC(C)(CCO)CNC1CCOCC1. The van der Waals surface area contributed by atoms with Gasteiger partial charge in [0.15, 0.2) is 0 Å². The Hall–Kier alpha value is -0.120. The minimum absolute atomic E-state index is 0.201. The molecule has 1 saturated heterocycles. The molecule has 1 aliphatic rings. The first-order valence-corrected chi connectivity index (χ1v) is 5.56. The Balaban J connectivity index is 2.17. The number of hydrogen-bond donors (Lipinski definition) is 2. The maximum absolute atomic E-state index is 8.89. The van der Waals surface area contributed by atoms with E-state index in [0.29, 0.717) is 6.04 Å². The van der Waals surface area contributed by atoms with Crippen molar-refractivity contribution in [3.63, 3.8) is 0 Å². The second-order valence-corrected chi connectivity index (χ2v) is 4.91. The van der Waals surface area contributed by atoms with Gasteiger partial charge in [0.1, 0.15) is 0 Å². The van der Waals surface area contributed by atoms with Gasteiger partial charge in [0.2, 0.25) is 0 Å². The van der Waals surface area contributed by atoms with E-state index < -0.39 is 0 Å². The lowest BCUT2D eigenvalue weighted by atomic mass is 9.89. The van der Waals surface area contributed by atoms with Crippen LogP contribution in [0.5, 0.6) is 0 Å². The highest BCUT2D eigenvalue weighted by atomic mass is 16.5. The molecule has 0 aliphatic carbocycles. The molecule has 1 aliphatic heterocycles. The van der Waals surface area contributed by atoms with Crippen molar-refractivity contribution >= 4 is 0 Å². The second-order valence-electron chi connectivity index (χ2n) is 4.91. The van der Waals surface area contributed by atoms with Gasteiger partial charge in [0, 0.05) is 32.4 Å². The Labute approximate surface area is 86.8 Å². The maximum atomic E-state index is 8.89. The minimum atomic E-state index is 0.201. The van der Waals surface area contributed by atoms with Crippen LogP contribution in [0, 0.1) is 5.41 Å². The van der Waals surface area contributed by atoms with Gasteiger partial charge in [-0.15, -0.1) is 0 Å². The van der Waals surface area contributed by atoms with Crippen LogP contribution in [0.2, 0.25) is 0 Å². The predicted octanol–water partition coefficient (Wildman–Crippen LogP) is 1.16. The summed E-state index contributed by atoms with van der Waals surface area (Å²) in [5.74, 6) is 0.